The standard InChI is InChI=1S/C16H19ClN2O3/c1-16(9-22-10-16)15(21)18-12-6-4-8-19(14(12)20)13-7-3-2-5-11(13)17/h2-3,5,7,12H,4,6,8-10H2,1H3,(H,18,21)/t12-/m1/s1. The van der Waals surface area contributed by atoms with Crippen molar-refractivity contribution in [2.24, 2.45) is 5.41 Å². The molecule has 2 amide bonds. The molecule has 1 N–H and O–H groups in total. The highest BCUT2D eigenvalue weighted by Crippen LogP contribution is 2.30. The van der Waals surface area contributed by atoms with Crippen LogP contribution < -0.4 is 10.2 Å². The van der Waals surface area contributed by atoms with Crippen LogP contribution >= 0.6 is 11.6 Å². The van der Waals surface area contributed by atoms with Crippen molar-refractivity contribution in [1.82, 2.24) is 5.32 Å². The highest BCUT2D eigenvalue weighted by molar-refractivity contribution is 6.33. The van der Waals surface area contributed by atoms with Crippen LogP contribution in [0.5, 0.6) is 0 Å². The summed E-state index contributed by atoms with van der Waals surface area (Å²) >= 11 is 6.18. The number of hydrogen-bond donors (Lipinski definition) is 1. The van der Waals surface area contributed by atoms with Crippen LogP contribution in [0.15, 0.2) is 24.3 Å². The van der Waals surface area contributed by atoms with Gasteiger partial charge in [-0.15, -0.1) is 0 Å². The molecule has 0 spiro atoms. The molecule has 1 aromatic rings. The molecule has 0 unspecified atom stereocenters. The van der Waals surface area contributed by atoms with Crippen LogP contribution in [0.2, 0.25) is 5.02 Å². The largest absolute Gasteiger partial charge is 0.379 e. The number of benzene rings is 1. The lowest BCUT2D eigenvalue weighted by atomic mass is 9.87. The maximum absolute atomic E-state index is 12.7. The number of halogens is 1. The fourth-order valence-electron chi connectivity index (χ4n) is 2.79. The van der Waals surface area contributed by atoms with Gasteiger partial charge in [-0.05, 0) is 31.9 Å². The normalized spacial score (nSPS) is 23.8. The molecule has 6 heteroatoms. The van der Waals surface area contributed by atoms with Gasteiger partial charge in [0.15, 0.2) is 0 Å². The van der Waals surface area contributed by atoms with Gasteiger partial charge >= 0.3 is 0 Å². The van der Waals surface area contributed by atoms with Crippen molar-refractivity contribution in [1.29, 1.82) is 0 Å². The van der Waals surface area contributed by atoms with E-state index in [4.69, 9.17) is 16.3 Å². The zero-order chi connectivity index (χ0) is 15.7. The molecular weight excluding hydrogens is 304 g/mol. The molecule has 0 bridgehead atoms. The average Bonchev–Trinajstić information content (AvgIpc) is 2.48. The van der Waals surface area contributed by atoms with E-state index in [9.17, 15) is 9.59 Å². The van der Waals surface area contributed by atoms with Crippen LogP contribution in [0.25, 0.3) is 0 Å². The SMILES string of the molecule is CC1(C(=O)N[C@@H]2CCCN(c3ccccc3Cl)C2=O)COC1. The molecule has 118 valence electrons. The van der Waals surface area contributed by atoms with Crippen LogP contribution in [-0.2, 0) is 14.3 Å². The molecule has 0 aliphatic carbocycles. The first-order valence-corrected chi connectivity index (χ1v) is 7.84. The number of carbonyl (C=O) groups is 2. The number of nitrogens with zero attached hydrogens (tertiary/aromatic N) is 1. The molecule has 2 fully saturated rings. The number of nitrogens with one attached hydrogen (secondary N) is 1. The molecule has 5 nitrogen and oxygen atoms in total. The Bertz CT molecular complexity index is 601. The van der Waals surface area contributed by atoms with Crippen LogP contribution in [0, 0.1) is 5.41 Å². The van der Waals surface area contributed by atoms with Gasteiger partial charge in [0.25, 0.3) is 0 Å². The van der Waals surface area contributed by atoms with E-state index in [1.807, 2.05) is 25.1 Å². The minimum absolute atomic E-state index is 0.100. The van der Waals surface area contributed by atoms with Gasteiger partial charge < -0.3 is 15.0 Å². The first-order valence-electron chi connectivity index (χ1n) is 7.46. The van der Waals surface area contributed by atoms with Crippen LogP contribution in [0.3, 0.4) is 0 Å². The minimum atomic E-state index is -0.507. The number of carbonyl (C=O) groups excluding carboxylic acids is 2. The molecule has 22 heavy (non-hydrogen) atoms. The van der Waals surface area contributed by atoms with Crippen molar-refractivity contribution in [2.75, 3.05) is 24.7 Å². The Kier molecular flexibility index (Phi) is 4.10. The van der Waals surface area contributed by atoms with Crippen molar-refractivity contribution in [2.45, 2.75) is 25.8 Å². The fourth-order valence-corrected chi connectivity index (χ4v) is 3.03. The number of hydrogen-bond acceptors (Lipinski definition) is 3. The van der Waals surface area contributed by atoms with Crippen molar-refractivity contribution < 1.29 is 14.3 Å². The Morgan fingerprint density at radius 1 is 1.41 bits per heavy atom. The lowest BCUT2D eigenvalue weighted by Crippen LogP contribution is -2.59. The predicted molar refractivity (Wildman–Crippen MR) is 83.9 cm³/mol. The summed E-state index contributed by atoms with van der Waals surface area (Å²) in [5.41, 5.74) is 0.193. The monoisotopic (exact) mass is 322 g/mol. The summed E-state index contributed by atoms with van der Waals surface area (Å²) in [7, 11) is 0. The van der Waals surface area contributed by atoms with Gasteiger partial charge in [-0.25, -0.2) is 0 Å². The van der Waals surface area contributed by atoms with Crippen LogP contribution in [0.4, 0.5) is 5.69 Å². The van der Waals surface area contributed by atoms with Crippen LogP contribution in [-0.4, -0.2) is 37.6 Å². The van der Waals surface area contributed by atoms with Crippen molar-refractivity contribution >= 4 is 29.1 Å². The lowest BCUT2D eigenvalue weighted by Gasteiger charge is -2.39. The summed E-state index contributed by atoms with van der Waals surface area (Å²) in [6, 6.07) is 6.78. The second-order valence-electron chi connectivity index (χ2n) is 6.16. The highest BCUT2D eigenvalue weighted by atomic mass is 35.5. The molecule has 3 rings (SSSR count). The van der Waals surface area contributed by atoms with Gasteiger partial charge in [-0.3, -0.25) is 9.59 Å². The first kappa shape index (κ1) is 15.3. The predicted octanol–water partition coefficient (Wildman–Crippen LogP) is 1.99. The van der Waals surface area contributed by atoms with E-state index in [2.05, 4.69) is 5.32 Å². The number of anilines is 1. The van der Waals surface area contributed by atoms with E-state index in [1.54, 1.807) is 11.0 Å². The second kappa shape index (κ2) is 5.89. The number of ether oxygens (including phenoxy) is 1. The van der Waals surface area contributed by atoms with Crippen LogP contribution in [0.1, 0.15) is 19.8 Å². The molecule has 2 aliphatic rings. The fraction of sp³-hybridized carbons (Fsp3) is 0.500. The summed E-state index contributed by atoms with van der Waals surface area (Å²) in [5, 5.41) is 3.42. The van der Waals surface area contributed by atoms with Gasteiger partial charge in [-0.2, -0.15) is 0 Å². The molecule has 2 saturated heterocycles. The number of piperidine rings is 1. The quantitative estimate of drug-likeness (QED) is 0.926. The number of amides is 2. The van der Waals surface area contributed by atoms with E-state index in [-0.39, 0.29) is 11.8 Å². The summed E-state index contributed by atoms with van der Waals surface area (Å²) in [6.45, 7) is 3.29. The van der Waals surface area contributed by atoms with Crippen molar-refractivity contribution in [3.8, 4) is 0 Å². The number of para-hydroxylation sites is 1. The number of rotatable bonds is 3. The molecule has 1 atom stereocenters. The summed E-state index contributed by atoms with van der Waals surface area (Å²) < 4.78 is 5.11. The van der Waals surface area contributed by atoms with E-state index >= 15 is 0 Å². The maximum Gasteiger partial charge on any atom is 0.249 e. The zero-order valence-electron chi connectivity index (χ0n) is 12.5. The van der Waals surface area contributed by atoms with Gasteiger partial charge in [0.05, 0.1) is 29.3 Å². The van der Waals surface area contributed by atoms with Crippen molar-refractivity contribution in [3.05, 3.63) is 29.3 Å². The Morgan fingerprint density at radius 2 is 2.14 bits per heavy atom. The molecule has 0 saturated carbocycles. The summed E-state index contributed by atoms with van der Waals surface area (Å²) in [6.07, 6.45) is 1.48. The highest BCUT2D eigenvalue weighted by Gasteiger charge is 2.43. The third-order valence-electron chi connectivity index (χ3n) is 4.28. The lowest BCUT2D eigenvalue weighted by molar-refractivity contribution is -0.159. The molecule has 0 radical (unpaired) electrons. The third-order valence-corrected chi connectivity index (χ3v) is 4.60. The van der Waals surface area contributed by atoms with E-state index < -0.39 is 11.5 Å². The second-order valence-corrected chi connectivity index (χ2v) is 6.57. The topological polar surface area (TPSA) is 58.6 Å². The molecular formula is C16H19ClN2O3. The Morgan fingerprint density at radius 3 is 2.77 bits per heavy atom. The summed E-state index contributed by atoms with van der Waals surface area (Å²) in [4.78, 5) is 26.6. The van der Waals surface area contributed by atoms with Gasteiger partial charge in [0, 0.05) is 6.54 Å². The zero-order valence-corrected chi connectivity index (χ0v) is 13.2. The Hall–Kier alpha value is -1.59. The van der Waals surface area contributed by atoms with E-state index in [0.717, 1.165) is 6.42 Å². The molecule has 1 aromatic carbocycles. The van der Waals surface area contributed by atoms with E-state index in [1.165, 1.54) is 0 Å². The molecule has 0 aromatic heterocycles. The Balaban J connectivity index is 1.73. The average molecular weight is 323 g/mol. The van der Waals surface area contributed by atoms with Gasteiger partial charge in [-0.1, -0.05) is 23.7 Å². The van der Waals surface area contributed by atoms with Gasteiger partial charge in [0.2, 0.25) is 11.8 Å². The molecule has 2 heterocycles. The first-order chi connectivity index (χ1) is 10.5. The summed E-state index contributed by atoms with van der Waals surface area (Å²) in [5.74, 6) is -0.213. The third kappa shape index (κ3) is 2.71. The Labute approximate surface area is 134 Å². The van der Waals surface area contributed by atoms with Gasteiger partial charge in [0.1, 0.15) is 6.04 Å². The smallest absolute Gasteiger partial charge is 0.249 e. The van der Waals surface area contributed by atoms with Crippen molar-refractivity contribution in [3.63, 3.8) is 0 Å². The van der Waals surface area contributed by atoms with E-state index in [0.29, 0.717) is 36.9 Å². The molecule has 2 aliphatic heterocycles. The maximum atomic E-state index is 12.7. The minimum Gasteiger partial charge on any atom is -0.379 e.